The minimum Gasteiger partial charge on any atom is -0.380 e. The molecule has 1 heterocycles. The van der Waals surface area contributed by atoms with Gasteiger partial charge in [0.1, 0.15) is 5.82 Å². The maximum atomic E-state index is 13.3. The van der Waals surface area contributed by atoms with Crippen molar-refractivity contribution in [1.82, 2.24) is 4.98 Å². The zero-order chi connectivity index (χ0) is 16.8. The van der Waals surface area contributed by atoms with E-state index in [9.17, 15) is 4.39 Å². The van der Waals surface area contributed by atoms with Crippen molar-refractivity contribution < 1.29 is 9.13 Å². The Labute approximate surface area is 141 Å². The fourth-order valence-electron chi connectivity index (χ4n) is 2.66. The Morgan fingerprint density at radius 2 is 1.92 bits per heavy atom. The van der Waals surface area contributed by atoms with E-state index in [1.165, 1.54) is 23.3 Å². The number of fused-ring (bicyclic) bond motifs is 1. The number of hydrogen-bond acceptors (Lipinski definition) is 3. The van der Waals surface area contributed by atoms with E-state index in [2.05, 4.69) is 29.4 Å². The topological polar surface area (TPSA) is 34.1 Å². The standard InChI is InChI=1S/C20H21FN2O/c1-2-11-24-14-16-6-4-3-5-15(16)13-23-19-9-10-22-20-12-17(21)7-8-18(19)20/h3-10,12H,2,11,13-14H2,1H3,(H,22,23). The summed E-state index contributed by atoms with van der Waals surface area (Å²) < 4.78 is 19.0. The summed E-state index contributed by atoms with van der Waals surface area (Å²) >= 11 is 0. The van der Waals surface area contributed by atoms with E-state index in [1.54, 1.807) is 12.3 Å². The molecule has 0 bridgehead atoms. The molecule has 0 spiro atoms. The zero-order valence-corrected chi connectivity index (χ0v) is 13.8. The maximum Gasteiger partial charge on any atom is 0.125 e. The summed E-state index contributed by atoms with van der Waals surface area (Å²) in [5.74, 6) is -0.273. The molecule has 0 atom stereocenters. The van der Waals surface area contributed by atoms with E-state index < -0.39 is 0 Å². The van der Waals surface area contributed by atoms with E-state index in [1.807, 2.05) is 18.2 Å². The summed E-state index contributed by atoms with van der Waals surface area (Å²) in [5, 5.41) is 4.35. The van der Waals surface area contributed by atoms with Gasteiger partial charge in [-0.2, -0.15) is 0 Å². The number of nitrogens with one attached hydrogen (secondary N) is 1. The van der Waals surface area contributed by atoms with Crippen LogP contribution in [-0.2, 0) is 17.9 Å². The van der Waals surface area contributed by atoms with Gasteiger partial charge in [0, 0.05) is 36.5 Å². The lowest BCUT2D eigenvalue weighted by atomic mass is 10.1. The molecule has 3 aromatic rings. The number of aromatic nitrogens is 1. The number of pyridine rings is 1. The predicted molar refractivity (Wildman–Crippen MR) is 95.4 cm³/mol. The Kier molecular flexibility index (Phi) is 5.39. The van der Waals surface area contributed by atoms with Gasteiger partial charge in [0.2, 0.25) is 0 Å². The summed E-state index contributed by atoms with van der Waals surface area (Å²) in [6.07, 6.45) is 2.71. The summed E-state index contributed by atoms with van der Waals surface area (Å²) in [6, 6.07) is 14.8. The van der Waals surface area contributed by atoms with Crippen molar-refractivity contribution in [1.29, 1.82) is 0 Å². The van der Waals surface area contributed by atoms with Gasteiger partial charge in [-0.15, -0.1) is 0 Å². The second-order valence-electron chi connectivity index (χ2n) is 5.69. The minimum atomic E-state index is -0.273. The number of benzene rings is 2. The van der Waals surface area contributed by atoms with Crippen LogP contribution in [0.4, 0.5) is 10.1 Å². The summed E-state index contributed by atoms with van der Waals surface area (Å²) in [4.78, 5) is 4.23. The van der Waals surface area contributed by atoms with E-state index in [0.29, 0.717) is 18.7 Å². The van der Waals surface area contributed by atoms with Crippen LogP contribution < -0.4 is 5.32 Å². The molecular weight excluding hydrogens is 303 g/mol. The normalized spacial score (nSPS) is 10.9. The molecule has 1 aromatic heterocycles. The van der Waals surface area contributed by atoms with Crippen molar-refractivity contribution in [2.24, 2.45) is 0 Å². The molecule has 0 aliphatic carbocycles. The Morgan fingerprint density at radius 3 is 2.75 bits per heavy atom. The van der Waals surface area contributed by atoms with Crippen LogP contribution in [0.2, 0.25) is 0 Å². The van der Waals surface area contributed by atoms with E-state index in [4.69, 9.17) is 4.74 Å². The third-order valence-corrected chi connectivity index (χ3v) is 3.90. The summed E-state index contributed by atoms with van der Waals surface area (Å²) in [5.41, 5.74) is 3.98. The molecule has 2 aromatic carbocycles. The average Bonchev–Trinajstić information content (AvgIpc) is 2.60. The first-order chi connectivity index (χ1) is 11.8. The lowest BCUT2D eigenvalue weighted by molar-refractivity contribution is 0.121. The first kappa shape index (κ1) is 16.4. The molecule has 0 amide bonds. The summed E-state index contributed by atoms with van der Waals surface area (Å²) in [6.45, 7) is 4.17. The van der Waals surface area contributed by atoms with Crippen molar-refractivity contribution in [2.45, 2.75) is 26.5 Å². The number of hydrogen-bond donors (Lipinski definition) is 1. The average molecular weight is 324 g/mol. The van der Waals surface area contributed by atoms with E-state index in [-0.39, 0.29) is 5.82 Å². The highest BCUT2D eigenvalue weighted by atomic mass is 19.1. The van der Waals surface area contributed by atoms with Crippen LogP contribution in [0.3, 0.4) is 0 Å². The Hall–Kier alpha value is -2.46. The first-order valence-corrected chi connectivity index (χ1v) is 8.20. The van der Waals surface area contributed by atoms with Crippen LogP contribution in [0.25, 0.3) is 10.9 Å². The minimum absolute atomic E-state index is 0.273. The van der Waals surface area contributed by atoms with Gasteiger partial charge in [-0.25, -0.2) is 4.39 Å². The maximum absolute atomic E-state index is 13.3. The molecule has 24 heavy (non-hydrogen) atoms. The molecule has 124 valence electrons. The van der Waals surface area contributed by atoms with Crippen LogP contribution in [0.1, 0.15) is 24.5 Å². The van der Waals surface area contributed by atoms with Crippen molar-refractivity contribution >= 4 is 16.6 Å². The molecular formula is C20H21FN2O. The van der Waals surface area contributed by atoms with Gasteiger partial charge in [0.05, 0.1) is 12.1 Å². The van der Waals surface area contributed by atoms with Crippen molar-refractivity contribution in [2.75, 3.05) is 11.9 Å². The zero-order valence-electron chi connectivity index (χ0n) is 13.8. The number of rotatable bonds is 7. The Balaban J connectivity index is 1.77. The molecule has 0 aliphatic heterocycles. The monoisotopic (exact) mass is 324 g/mol. The highest BCUT2D eigenvalue weighted by Gasteiger charge is 2.05. The van der Waals surface area contributed by atoms with E-state index in [0.717, 1.165) is 24.1 Å². The fourth-order valence-corrected chi connectivity index (χ4v) is 2.66. The first-order valence-electron chi connectivity index (χ1n) is 8.20. The second-order valence-corrected chi connectivity index (χ2v) is 5.69. The smallest absolute Gasteiger partial charge is 0.125 e. The van der Waals surface area contributed by atoms with Crippen molar-refractivity contribution in [3.05, 3.63) is 71.7 Å². The Morgan fingerprint density at radius 1 is 1.08 bits per heavy atom. The van der Waals surface area contributed by atoms with E-state index >= 15 is 0 Å². The number of ether oxygens (including phenoxy) is 1. The third kappa shape index (κ3) is 3.89. The van der Waals surface area contributed by atoms with Gasteiger partial charge in [0.15, 0.2) is 0 Å². The lowest BCUT2D eigenvalue weighted by Crippen LogP contribution is -2.05. The van der Waals surface area contributed by atoms with Gasteiger partial charge < -0.3 is 10.1 Å². The van der Waals surface area contributed by atoms with Gasteiger partial charge in [0.25, 0.3) is 0 Å². The highest BCUT2D eigenvalue weighted by molar-refractivity contribution is 5.90. The number of anilines is 1. The quantitative estimate of drug-likeness (QED) is 0.627. The van der Waals surface area contributed by atoms with Gasteiger partial charge in [-0.3, -0.25) is 4.98 Å². The molecule has 1 N–H and O–H groups in total. The molecule has 3 rings (SSSR count). The lowest BCUT2D eigenvalue weighted by Gasteiger charge is -2.13. The summed E-state index contributed by atoms with van der Waals surface area (Å²) in [7, 11) is 0. The predicted octanol–water partition coefficient (Wildman–Crippen LogP) is 4.91. The molecule has 0 fully saturated rings. The largest absolute Gasteiger partial charge is 0.380 e. The molecule has 0 saturated carbocycles. The van der Waals surface area contributed by atoms with Gasteiger partial charge in [-0.05, 0) is 35.7 Å². The van der Waals surface area contributed by atoms with Crippen molar-refractivity contribution in [3.63, 3.8) is 0 Å². The molecule has 3 nitrogen and oxygen atoms in total. The van der Waals surface area contributed by atoms with Gasteiger partial charge >= 0.3 is 0 Å². The molecule has 4 heteroatoms. The van der Waals surface area contributed by atoms with Gasteiger partial charge in [-0.1, -0.05) is 31.2 Å². The number of halogens is 1. The van der Waals surface area contributed by atoms with Crippen molar-refractivity contribution in [3.8, 4) is 0 Å². The molecule has 0 unspecified atom stereocenters. The molecule has 0 aliphatic rings. The Bertz CT molecular complexity index is 820. The fraction of sp³-hybridized carbons (Fsp3) is 0.250. The molecule has 0 saturated heterocycles. The van der Waals surface area contributed by atoms with Crippen LogP contribution in [0.5, 0.6) is 0 Å². The van der Waals surface area contributed by atoms with Crippen LogP contribution in [-0.4, -0.2) is 11.6 Å². The third-order valence-electron chi connectivity index (χ3n) is 3.90. The van der Waals surface area contributed by atoms with Crippen LogP contribution in [0, 0.1) is 5.82 Å². The van der Waals surface area contributed by atoms with Crippen LogP contribution in [0.15, 0.2) is 54.7 Å². The SMILES string of the molecule is CCCOCc1ccccc1CNc1ccnc2cc(F)ccc12. The van der Waals surface area contributed by atoms with Crippen LogP contribution >= 0.6 is 0 Å². The highest BCUT2D eigenvalue weighted by Crippen LogP contribution is 2.23. The second kappa shape index (κ2) is 7.88. The number of nitrogens with zero attached hydrogens (tertiary/aromatic N) is 1. The molecule has 0 radical (unpaired) electrons.